The Bertz CT molecular complexity index is 8940. The Balaban J connectivity index is 0.000000107. The molecule has 26 aromatic carbocycles. The summed E-state index contributed by atoms with van der Waals surface area (Å²) < 4.78 is 0. The van der Waals surface area contributed by atoms with Crippen LogP contribution in [0.25, 0.3) is 251 Å². The zero-order valence-corrected chi connectivity index (χ0v) is 70.3. The molecule has 0 amide bonds. The number of hydrogen-bond acceptors (Lipinski definition) is 0. The summed E-state index contributed by atoms with van der Waals surface area (Å²) in [5.74, 6) is 0. The van der Waals surface area contributed by atoms with E-state index in [1.807, 2.05) is 0 Å². The summed E-state index contributed by atoms with van der Waals surface area (Å²) in [5.41, 5.74) is 22.6. The first-order valence-corrected chi connectivity index (χ1v) is 44.4. The summed E-state index contributed by atoms with van der Waals surface area (Å²) in [4.78, 5) is 0. The molecule has 0 N–H and O–H groups in total. The van der Waals surface area contributed by atoms with Gasteiger partial charge in [0.25, 0.3) is 0 Å². The summed E-state index contributed by atoms with van der Waals surface area (Å²) in [5, 5.41) is 35.5. The quantitative estimate of drug-likeness (QED) is 0.126. The molecule has 0 unspecified atom stereocenters. The molecular weight excluding hydrogens is 1540 g/mol. The number of hydrogen-bond donors (Lipinski definition) is 0. The largest absolute Gasteiger partial charge is 0.0622 e. The molecule has 0 radical (unpaired) electrons. The van der Waals surface area contributed by atoms with Crippen LogP contribution in [0.15, 0.2) is 497 Å². The minimum atomic E-state index is 1.23. The first-order chi connectivity index (χ1) is 63.5. The third kappa shape index (κ3) is 13.4. The molecule has 594 valence electrons. The highest BCUT2D eigenvalue weighted by molar-refractivity contribution is 6.27. The van der Waals surface area contributed by atoms with E-state index in [1.165, 1.54) is 251 Å². The summed E-state index contributed by atoms with van der Waals surface area (Å²) in [7, 11) is 0. The average Bonchev–Trinajstić information content (AvgIpc) is 0.726. The second kappa shape index (κ2) is 31.9. The molecule has 26 aromatic rings. The van der Waals surface area contributed by atoms with Crippen LogP contribution in [0.4, 0.5) is 0 Å². The number of fused-ring (bicyclic) bond motifs is 14. The maximum Gasteiger partial charge on any atom is -0.00201 e. The van der Waals surface area contributed by atoms with Gasteiger partial charge in [-0.05, 0) is 306 Å². The molecule has 0 aliphatic carbocycles. The molecule has 0 spiro atoms. The average molecular weight is 1620 g/mol. The predicted molar refractivity (Wildman–Crippen MR) is 553 cm³/mol. The van der Waals surface area contributed by atoms with E-state index in [9.17, 15) is 0 Å². The third-order valence-corrected chi connectivity index (χ3v) is 26.6. The van der Waals surface area contributed by atoms with Crippen LogP contribution in [-0.2, 0) is 0 Å². The second-order valence-corrected chi connectivity index (χ2v) is 34.0. The van der Waals surface area contributed by atoms with Gasteiger partial charge >= 0.3 is 0 Å². The van der Waals surface area contributed by atoms with Crippen LogP contribution in [0.3, 0.4) is 0 Å². The summed E-state index contributed by atoms with van der Waals surface area (Å²) >= 11 is 0. The lowest BCUT2D eigenvalue weighted by Crippen LogP contribution is -1.92. The Hall–Kier alpha value is -16.6. The molecule has 0 aromatic heterocycles. The topological polar surface area (TPSA) is 0 Å². The van der Waals surface area contributed by atoms with Crippen LogP contribution in [0.1, 0.15) is 0 Å². The van der Waals surface area contributed by atoms with E-state index in [0.717, 1.165) is 0 Å². The van der Waals surface area contributed by atoms with E-state index < -0.39 is 0 Å². The molecule has 0 atom stereocenters. The van der Waals surface area contributed by atoms with Gasteiger partial charge in [0.15, 0.2) is 0 Å². The highest BCUT2D eigenvalue weighted by Crippen LogP contribution is 2.51. The van der Waals surface area contributed by atoms with Crippen LogP contribution in [0.5, 0.6) is 0 Å². The summed E-state index contributed by atoms with van der Waals surface area (Å²) in [6.07, 6.45) is 0. The van der Waals surface area contributed by atoms with Crippen molar-refractivity contribution in [2.75, 3.05) is 0 Å². The molecule has 0 bridgehead atoms. The molecule has 0 aliphatic heterocycles. The molecule has 26 rings (SSSR count). The van der Waals surface area contributed by atoms with Crippen LogP contribution in [-0.4, -0.2) is 0 Å². The first-order valence-electron chi connectivity index (χ1n) is 44.4. The van der Waals surface area contributed by atoms with Gasteiger partial charge in [-0.1, -0.05) is 443 Å². The van der Waals surface area contributed by atoms with Gasteiger partial charge in [-0.2, -0.15) is 0 Å². The Morgan fingerprint density at radius 2 is 0.281 bits per heavy atom. The molecule has 0 fully saturated rings. The predicted octanol–water partition coefficient (Wildman–Crippen LogP) is 36.2. The van der Waals surface area contributed by atoms with Crippen molar-refractivity contribution in [3.63, 3.8) is 0 Å². The van der Waals surface area contributed by atoms with Crippen molar-refractivity contribution in [1.82, 2.24) is 0 Å². The Kier molecular flexibility index (Phi) is 18.7. The zero-order valence-electron chi connectivity index (χ0n) is 70.3. The third-order valence-electron chi connectivity index (χ3n) is 26.6. The normalized spacial score (nSPS) is 11.6. The standard InChI is InChI=1S/2C44H28.C40H26/c1-4-12-32-25-35(20-17-29(32)9-1)36-23-24-41-42(28-36)44(38-22-19-31-11-3-6-14-34(31)27-38)40-16-8-7-15-39(40)43(41)37-21-18-30-10-2-5-13-33(30)26-37;1-3-13-32-26-35(22-20-29(32)10-1)43-39-17-7-8-18-40(39)44(36-23-21-30-11-2-4-14-33(30)27-36)42-28-34(24-25-41(42)43)38-19-9-15-31-12-5-6-16-37(31)38;1-2-13-29(14-3-1)39-35-18-8-9-19-36(35)40(34-20-10-16-28-12-6-7-17-33(28)34)37-24-23-32(26-38(37)39)31-22-21-27-11-4-5-15-30(27)25-31/h2*1-28H;1-26H. The van der Waals surface area contributed by atoms with Crippen molar-refractivity contribution in [2.24, 2.45) is 0 Å². The molecule has 0 saturated carbocycles. The summed E-state index contributed by atoms with van der Waals surface area (Å²) in [6, 6.07) is 183. The molecule has 0 heterocycles. The fourth-order valence-corrected chi connectivity index (χ4v) is 20.5. The fraction of sp³-hybridized carbons (Fsp3) is 0. The highest BCUT2D eigenvalue weighted by atomic mass is 14.3. The maximum absolute atomic E-state index is 2.43. The Morgan fingerprint density at radius 3 is 0.633 bits per heavy atom. The minimum Gasteiger partial charge on any atom is -0.0622 e. The Morgan fingerprint density at radius 1 is 0.0781 bits per heavy atom. The molecule has 0 heteroatoms. The van der Waals surface area contributed by atoms with Gasteiger partial charge in [0.05, 0.1) is 0 Å². The van der Waals surface area contributed by atoms with Crippen molar-refractivity contribution in [1.29, 1.82) is 0 Å². The first kappa shape index (κ1) is 75.1. The van der Waals surface area contributed by atoms with Crippen LogP contribution in [0.2, 0.25) is 0 Å². The van der Waals surface area contributed by atoms with Gasteiger partial charge in [0.2, 0.25) is 0 Å². The maximum atomic E-state index is 2.43. The minimum absolute atomic E-state index is 1.23. The van der Waals surface area contributed by atoms with Crippen LogP contribution in [0, 0.1) is 0 Å². The van der Waals surface area contributed by atoms with Crippen molar-refractivity contribution < 1.29 is 0 Å². The lowest BCUT2D eigenvalue weighted by atomic mass is 9.83. The molecular formula is C128H82. The van der Waals surface area contributed by atoms with E-state index in [1.54, 1.807) is 0 Å². The van der Waals surface area contributed by atoms with Gasteiger partial charge in [-0.25, -0.2) is 0 Å². The van der Waals surface area contributed by atoms with Crippen LogP contribution >= 0.6 is 0 Å². The monoisotopic (exact) mass is 1620 g/mol. The summed E-state index contributed by atoms with van der Waals surface area (Å²) in [6.45, 7) is 0. The van der Waals surface area contributed by atoms with E-state index in [2.05, 4.69) is 497 Å². The molecule has 0 saturated heterocycles. The van der Waals surface area contributed by atoms with E-state index >= 15 is 0 Å². The van der Waals surface area contributed by atoms with Crippen LogP contribution < -0.4 is 0 Å². The van der Waals surface area contributed by atoms with E-state index in [0.29, 0.717) is 0 Å². The number of benzene rings is 26. The second-order valence-electron chi connectivity index (χ2n) is 34.0. The van der Waals surface area contributed by atoms with E-state index in [-0.39, 0.29) is 0 Å². The molecule has 0 nitrogen and oxygen atoms in total. The molecule has 0 aliphatic rings. The van der Waals surface area contributed by atoms with Crippen molar-refractivity contribution >= 4 is 151 Å². The van der Waals surface area contributed by atoms with Gasteiger partial charge in [-0.15, -0.1) is 0 Å². The van der Waals surface area contributed by atoms with E-state index in [4.69, 9.17) is 0 Å². The smallest absolute Gasteiger partial charge is 0.00201 e. The number of rotatable bonds is 9. The Labute approximate surface area is 743 Å². The lowest BCUT2D eigenvalue weighted by molar-refractivity contribution is 1.65. The fourth-order valence-electron chi connectivity index (χ4n) is 20.5. The lowest BCUT2D eigenvalue weighted by Gasteiger charge is -2.19. The van der Waals surface area contributed by atoms with Crippen molar-refractivity contribution in [2.45, 2.75) is 0 Å². The van der Waals surface area contributed by atoms with Gasteiger partial charge < -0.3 is 0 Å². The SMILES string of the molecule is c1ccc(-c2c3ccccc3c(-c3cccc4ccccc34)c3ccc(-c4ccc5ccccc5c4)cc23)cc1.c1ccc2cc(-c3c4ccccc4c(-c4ccc5ccccc5c4)c4cc(-c5cccc6ccccc56)ccc34)ccc2c1.c1ccc2cc(-c3ccc4c(-c5ccc6ccccc6c5)c5ccccc5c(-c5ccc6ccccc6c5)c4c3)ccc2c1. The van der Waals surface area contributed by atoms with Gasteiger partial charge in [-0.3, -0.25) is 0 Å². The van der Waals surface area contributed by atoms with Crippen molar-refractivity contribution in [3.05, 3.63) is 497 Å². The van der Waals surface area contributed by atoms with Gasteiger partial charge in [0, 0.05) is 0 Å². The zero-order chi connectivity index (χ0) is 84.5. The van der Waals surface area contributed by atoms with Crippen molar-refractivity contribution in [3.8, 4) is 100 Å². The molecule has 128 heavy (non-hydrogen) atoms. The van der Waals surface area contributed by atoms with Gasteiger partial charge in [0.1, 0.15) is 0 Å². The highest BCUT2D eigenvalue weighted by Gasteiger charge is 2.24.